The first-order valence-electron chi connectivity index (χ1n) is 21.4. The molecule has 2 aromatic rings. The van der Waals surface area contributed by atoms with E-state index in [0.29, 0.717) is 55.4 Å². The molecule has 4 aliphatic carbocycles. The quantitative estimate of drug-likeness (QED) is 0.340. The zero-order valence-corrected chi connectivity index (χ0v) is 35.1. The van der Waals surface area contributed by atoms with E-state index in [-0.39, 0.29) is 37.3 Å². The third-order valence-corrected chi connectivity index (χ3v) is 16.4. The Morgan fingerprint density at radius 1 is 1.02 bits per heavy atom. The lowest BCUT2D eigenvalue weighted by molar-refractivity contribution is -0.142. The zero-order valence-electron chi connectivity index (χ0n) is 34.3. The summed E-state index contributed by atoms with van der Waals surface area (Å²) in [6.07, 6.45) is 10.1. The van der Waals surface area contributed by atoms with Gasteiger partial charge < -0.3 is 34.6 Å². The van der Waals surface area contributed by atoms with Crippen molar-refractivity contribution in [1.29, 1.82) is 0 Å². The van der Waals surface area contributed by atoms with Crippen LogP contribution in [-0.2, 0) is 29.1 Å². The topological polar surface area (TPSA) is 186 Å². The molecule has 9 rings (SSSR count). The van der Waals surface area contributed by atoms with E-state index >= 15 is 0 Å². The van der Waals surface area contributed by atoms with Crippen LogP contribution in [0.2, 0.25) is 0 Å². The van der Waals surface area contributed by atoms with Crippen LogP contribution in [0.25, 0.3) is 10.8 Å². The fraction of sp³-hybridized carbons (Fsp3) is 0.651. The van der Waals surface area contributed by atoms with Crippen LogP contribution in [-0.4, -0.2) is 103 Å². The van der Waals surface area contributed by atoms with Crippen LogP contribution in [0.15, 0.2) is 36.5 Å². The van der Waals surface area contributed by atoms with Gasteiger partial charge in [-0.15, -0.1) is 0 Å². The number of hydrogen-bond donors (Lipinski definition) is 3. The molecule has 5 fully saturated rings. The molecule has 59 heavy (non-hydrogen) atoms. The summed E-state index contributed by atoms with van der Waals surface area (Å²) in [7, 11) is -1.99. The molecule has 0 spiro atoms. The first-order chi connectivity index (χ1) is 28.1. The zero-order chi connectivity index (χ0) is 41.4. The molecular formula is C43H56N6O9S. The molecule has 16 heteroatoms. The third-order valence-electron chi connectivity index (χ3n) is 14.2. The van der Waals surface area contributed by atoms with E-state index < -0.39 is 68.2 Å². The number of aromatic nitrogens is 1. The van der Waals surface area contributed by atoms with E-state index in [9.17, 15) is 27.6 Å². The fourth-order valence-corrected chi connectivity index (χ4v) is 11.3. The van der Waals surface area contributed by atoms with Crippen LogP contribution in [0.5, 0.6) is 11.6 Å². The van der Waals surface area contributed by atoms with Crippen molar-refractivity contribution in [3.63, 3.8) is 0 Å². The molecule has 0 radical (unpaired) electrons. The second-order valence-electron chi connectivity index (χ2n) is 18.7. The molecule has 15 nitrogen and oxygen atoms in total. The summed E-state index contributed by atoms with van der Waals surface area (Å²) in [4.78, 5) is 65.3. The van der Waals surface area contributed by atoms with E-state index in [1.54, 1.807) is 13.1 Å². The van der Waals surface area contributed by atoms with E-state index in [2.05, 4.69) is 32.2 Å². The minimum absolute atomic E-state index is 0.00405. The number of fused-ring (bicyclic) bond motifs is 6. The molecule has 10 atom stereocenters. The van der Waals surface area contributed by atoms with Crippen molar-refractivity contribution in [3.05, 3.63) is 36.5 Å². The summed E-state index contributed by atoms with van der Waals surface area (Å²) in [5.41, 5.74) is -0.573. The van der Waals surface area contributed by atoms with Crippen molar-refractivity contribution in [2.45, 2.75) is 120 Å². The van der Waals surface area contributed by atoms with Gasteiger partial charge in [-0.2, -0.15) is 0 Å². The number of alkyl carbamates (subject to hydrolysis) is 1. The molecule has 4 saturated carbocycles. The molecular weight excluding hydrogens is 777 g/mol. The summed E-state index contributed by atoms with van der Waals surface area (Å²) in [5, 5.41) is 7.40. The average Bonchev–Trinajstić information content (AvgIpc) is 4.15. The summed E-state index contributed by atoms with van der Waals surface area (Å²) in [5.74, 6) is -0.185. The molecule has 7 aliphatic rings. The van der Waals surface area contributed by atoms with Gasteiger partial charge in [0.05, 0.1) is 23.5 Å². The maximum Gasteiger partial charge on any atom is 0.408 e. The molecule has 1 aromatic heterocycles. The van der Waals surface area contributed by atoms with Crippen molar-refractivity contribution in [2.24, 2.45) is 29.6 Å². The predicted molar refractivity (Wildman–Crippen MR) is 218 cm³/mol. The summed E-state index contributed by atoms with van der Waals surface area (Å²) in [6.45, 7) is 6.93. The van der Waals surface area contributed by atoms with Crippen LogP contribution in [0.4, 0.5) is 10.5 Å². The van der Waals surface area contributed by atoms with Gasteiger partial charge in [-0.05, 0) is 107 Å². The van der Waals surface area contributed by atoms with E-state index in [1.165, 1.54) is 11.3 Å². The lowest BCUT2D eigenvalue weighted by Crippen LogP contribution is -2.59. The summed E-state index contributed by atoms with van der Waals surface area (Å²) in [6, 6.07) is 3.63. The number of carbonyl (C=O) groups excluding carboxylic acids is 4. The van der Waals surface area contributed by atoms with Gasteiger partial charge in [-0.1, -0.05) is 26.0 Å². The molecule has 1 saturated heterocycles. The monoisotopic (exact) mass is 832 g/mol. The van der Waals surface area contributed by atoms with E-state index in [4.69, 9.17) is 14.2 Å². The number of sulfonamides is 1. The molecule has 0 bridgehead atoms. The molecule has 1 aromatic carbocycles. The average molecular weight is 833 g/mol. The largest absolute Gasteiger partial charge is 0.489 e. The number of ether oxygens (including phenoxy) is 3. The number of carbonyl (C=O) groups is 4. The minimum Gasteiger partial charge on any atom is -0.489 e. The lowest BCUT2D eigenvalue weighted by atomic mass is 9.88. The highest BCUT2D eigenvalue weighted by molar-refractivity contribution is 7.91. The van der Waals surface area contributed by atoms with Gasteiger partial charge in [0.1, 0.15) is 36.4 Å². The van der Waals surface area contributed by atoms with Crippen molar-refractivity contribution < 1.29 is 41.8 Å². The van der Waals surface area contributed by atoms with Gasteiger partial charge in [0.25, 0.3) is 5.91 Å². The Morgan fingerprint density at radius 3 is 2.56 bits per heavy atom. The Morgan fingerprint density at radius 2 is 1.80 bits per heavy atom. The fourth-order valence-electron chi connectivity index (χ4n) is 9.96. The Hall–Kier alpha value is -4.60. The van der Waals surface area contributed by atoms with E-state index in [0.717, 1.165) is 42.6 Å². The van der Waals surface area contributed by atoms with E-state index in [1.807, 2.05) is 44.3 Å². The van der Waals surface area contributed by atoms with Gasteiger partial charge in [-0.3, -0.25) is 19.1 Å². The highest BCUT2D eigenvalue weighted by Gasteiger charge is 2.63. The summed E-state index contributed by atoms with van der Waals surface area (Å²) >= 11 is 0. The number of nitrogens with one attached hydrogen (secondary N) is 3. The van der Waals surface area contributed by atoms with Crippen LogP contribution < -0.4 is 29.7 Å². The number of pyridine rings is 1. The van der Waals surface area contributed by atoms with Crippen molar-refractivity contribution >= 4 is 50.3 Å². The normalized spacial score (nSPS) is 35.3. The lowest BCUT2D eigenvalue weighted by Gasteiger charge is -2.33. The Bertz CT molecular complexity index is 2190. The summed E-state index contributed by atoms with van der Waals surface area (Å²) < 4.78 is 46.3. The maximum atomic E-state index is 15.0. The third kappa shape index (κ3) is 7.58. The number of benzene rings is 1. The van der Waals surface area contributed by atoms with Crippen LogP contribution in [0, 0.1) is 29.6 Å². The second kappa shape index (κ2) is 14.8. The van der Waals surface area contributed by atoms with Gasteiger partial charge >= 0.3 is 6.09 Å². The standard InChI is InChI=1S/C43H56N6O9S/c1-24-7-5-6-8-28-22-43(28,40(52)47-59(54,55)42(3)12-13-42)46-37(50)34-21-30(57-38-32-9-10-33-36(31(32)11-14-44-38)56-16-15-48(33)4)23-49(34)39(51)35(25(2)17-24)45-41(53)58-29-19-26-18-27(26)20-29/h6,8-11,14,24-30,34-35H,5,7,12-13,15-23H2,1-4H3,(H,45,53)(H,46,50)(H,47,52)/b8-6-/t24-,25-,26-,27+,28?,29?,30-,34+,35+,43-/m1/s1. The smallest absolute Gasteiger partial charge is 0.408 e. The van der Waals surface area contributed by atoms with Crippen LogP contribution in [0.1, 0.15) is 85.0 Å². The second-order valence-corrected chi connectivity index (χ2v) is 20.9. The number of hydrogen-bond acceptors (Lipinski definition) is 11. The first-order valence-corrected chi connectivity index (χ1v) is 22.9. The SMILES string of the molecule is C[C@@H]1CC/C=C\C2C[C@@]2(C(=O)NS(=O)(=O)C2(C)CC2)NC(=O)[C@@H]2C[C@@H](Oc3nccc4c5c(ccc34)N(C)CCO5)CN2C(=O)[C@@H](NC(=O)OC2C[C@@H]3C[C@@H]3C2)[C@H](C)C1. The number of rotatable bonds is 7. The van der Waals surface area contributed by atoms with Crippen LogP contribution in [0.3, 0.4) is 0 Å². The number of allylic oxidation sites excluding steroid dienone is 1. The number of nitrogens with zero attached hydrogens (tertiary/aromatic N) is 3. The molecule has 4 amide bonds. The van der Waals surface area contributed by atoms with Gasteiger partial charge in [0.2, 0.25) is 27.7 Å². The number of anilines is 1. The highest BCUT2D eigenvalue weighted by atomic mass is 32.2. The molecule has 318 valence electrons. The molecule has 3 aliphatic heterocycles. The molecule has 2 unspecified atom stereocenters. The molecule has 3 N–H and O–H groups in total. The Balaban J connectivity index is 1.03. The van der Waals surface area contributed by atoms with Gasteiger partial charge in [-0.25, -0.2) is 18.2 Å². The number of amides is 4. The Labute approximate surface area is 345 Å². The highest BCUT2D eigenvalue weighted by Crippen LogP contribution is 2.53. The predicted octanol–water partition coefficient (Wildman–Crippen LogP) is 4.19. The van der Waals surface area contributed by atoms with Crippen molar-refractivity contribution in [2.75, 3.05) is 31.6 Å². The Kier molecular flexibility index (Phi) is 10.0. The van der Waals surface area contributed by atoms with Gasteiger partial charge in [0, 0.05) is 36.4 Å². The first kappa shape index (κ1) is 39.8. The van der Waals surface area contributed by atoms with Gasteiger partial charge in [0.15, 0.2) is 5.75 Å². The van der Waals surface area contributed by atoms with Crippen LogP contribution >= 0.6 is 0 Å². The number of likely N-dealkylation sites (N-methyl/N-ethyl adjacent to an activating group) is 1. The maximum absolute atomic E-state index is 15.0. The molecule has 4 heterocycles. The van der Waals surface area contributed by atoms with Crippen molar-refractivity contribution in [1.82, 2.24) is 25.2 Å². The van der Waals surface area contributed by atoms with Crippen molar-refractivity contribution in [3.8, 4) is 11.6 Å². The minimum atomic E-state index is -4.00.